The number of hydrogen-bond acceptors (Lipinski definition) is 7. The quantitative estimate of drug-likeness (QED) is 0.0826. The molecular formula is C27H50O7. The van der Waals surface area contributed by atoms with Crippen LogP contribution in [0.1, 0.15) is 96.8 Å². The monoisotopic (exact) mass is 486 g/mol. The van der Waals surface area contributed by atoms with E-state index in [-0.39, 0.29) is 19.2 Å². The van der Waals surface area contributed by atoms with Gasteiger partial charge in [0.1, 0.15) is 13.2 Å². The van der Waals surface area contributed by atoms with Crippen molar-refractivity contribution in [3.05, 3.63) is 12.7 Å². The lowest BCUT2D eigenvalue weighted by Crippen LogP contribution is -2.15. The minimum atomic E-state index is -0.456. The lowest BCUT2D eigenvalue weighted by atomic mass is 10.0. The van der Waals surface area contributed by atoms with Crippen molar-refractivity contribution < 1.29 is 33.3 Å². The van der Waals surface area contributed by atoms with Gasteiger partial charge >= 0.3 is 11.9 Å². The van der Waals surface area contributed by atoms with Crippen LogP contribution in [0.25, 0.3) is 0 Å². The van der Waals surface area contributed by atoms with Crippen LogP contribution in [0, 0.1) is 0 Å². The van der Waals surface area contributed by atoms with Gasteiger partial charge in [-0.2, -0.15) is 0 Å². The highest BCUT2D eigenvalue weighted by Crippen LogP contribution is 2.13. The fourth-order valence-corrected chi connectivity index (χ4v) is 3.38. The van der Waals surface area contributed by atoms with E-state index in [4.69, 9.17) is 23.7 Å². The molecule has 0 spiro atoms. The minimum Gasteiger partial charge on any atom is -0.463 e. The molecule has 34 heavy (non-hydrogen) atoms. The molecule has 0 aliphatic carbocycles. The van der Waals surface area contributed by atoms with Gasteiger partial charge in [0.15, 0.2) is 0 Å². The zero-order valence-corrected chi connectivity index (χ0v) is 21.7. The number of carbonyl (C=O) groups excluding carboxylic acids is 2. The molecule has 0 aliphatic heterocycles. The highest BCUT2D eigenvalue weighted by atomic mass is 16.6. The van der Waals surface area contributed by atoms with Crippen LogP contribution in [0.3, 0.4) is 0 Å². The van der Waals surface area contributed by atoms with Crippen molar-refractivity contribution in [2.75, 3.05) is 52.9 Å². The van der Waals surface area contributed by atoms with Crippen LogP contribution < -0.4 is 0 Å². The summed E-state index contributed by atoms with van der Waals surface area (Å²) < 4.78 is 26.0. The molecule has 0 rings (SSSR count). The maximum absolute atomic E-state index is 11.7. The lowest BCUT2D eigenvalue weighted by molar-refractivity contribution is -0.145. The lowest BCUT2D eigenvalue weighted by Gasteiger charge is -2.08. The molecule has 200 valence electrons. The highest BCUT2D eigenvalue weighted by Gasteiger charge is 2.03. The zero-order valence-electron chi connectivity index (χ0n) is 21.7. The van der Waals surface area contributed by atoms with Gasteiger partial charge in [0.2, 0.25) is 0 Å². The summed E-state index contributed by atoms with van der Waals surface area (Å²) in [5, 5.41) is 0. The van der Waals surface area contributed by atoms with Crippen LogP contribution in [0.15, 0.2) is 12.7 Å². The van der Waals surface area contributed by atoms with Gasteiger partial charge < -0.3 is 23.7 Å². The molecule has 0 fully saturated rings. The SMILES string of the molecule is C=CC(=O)OCCOCCOCCOCCOC(=O)CCCCCCCCCCCCCCC. The van der Waals surface area contributed by atoms with E-state index in [1.165, 1.54) is 70.6 Å². The fraction of sp³-hybridized carbons (Fsp3) is 0.852. The second-order valence-electron chi connectivity index (χ2n) is 8.42. The summed E-state index contributed by atoms with van der Waals surface area (Å²) in [4.78, 5) is 22.5. The van der Waals surface area contributed by atoms with Crippen LogP contribution in [0.2, 0.25) is 0 Å². The Balaban J connectivity index is 3.17. The van der Waals surface area contributed by atoms with Gasteiger partial charge in [-0.1, -0.05) is 90.6 Å². The van der Waals surface area contributed by atoms with E-state index in [2.05, 4.69) is 13.5 Å². The van der Waals surface area contributed by atoms with Gasteiger partial charge in [-0.25, -0.2) is 4.79 Å². The molecule has 0 aromatic rings. The maximum atomic E-state index is 11.7. The summed E-state index contributed by atoms with van der Waals surface area (Å²) >= 11 is 0. The largest absolute Gasteiger partial charge is 0.463 e. The van der Waals surface area contributed by atoms with Crippen LogP contribution in [0.4, 0.5) is 0 Å². The average molecular weight is 487 g/mol. The molecule has 0 aromatic heterocycles. The van der Waals surface area contributed by atoms with E-state index < -0.39 is 5.97 Å². The Morgan fingerprint density at radius 1 is 0.559 bits per heavy atom. The molecule has 0 aliphatic rings. The van der Waals surface area contributed by atoms with Crippen molar-refractivity contribution in [1.29, 1.82) is 0 Å². The van der Waals surface area contributed by atoms with Crippen LogP contribution in [-0.2, 0) is 33.3 Å². The molecule has 0 N–H and O–H groups in total. The second kappa shape index (κ2) is 27.8. The molecule has 0 aromatic carbocycles. The summed E-state index contributed by atoms with van der Waals surface area (Å²) in [6.07, 6.45) is 18.4. The van der Waals surface area contributed by atoms with Crippen molar-refractivity contribution >= 4 is 11.9 Å². The van der Waals surface area contributed by atoms with Crippen LogP contribution >= 0.6 is 0 Å². The molecule has 7 nitrogen and oxygen atoms in total. The Hall–Kier alpha value is -1.44. The average Bonchev–Trinajstić information content (AvgIpc) is 2.84. The third-order valence-electron chi connectivity index (χ3n) is 5.36. The van der Waals surface area contributed by atoms with E-state index in [0.717, 1.165) is 18.9 Å². The third-order valence-corrected chi connectivity index (χ3v) is 5.36. The first-order valence-corrected chi connectivity index (χ1v) is 13.4. The maximum Gasteiger partial charge on any atom is 0.330 e. The molecule has 0 atom stereocenters. The number of rotatable bonds is 27. The summed E-state index contributed by atoms with van der Waals surface area (Å²) in [5.74, 6) is -0.596. The fourth-order valence-electron chi connectivity index (χ4n) is 3.38. The summed E-state index contributed by atoms with van der Waals surface area (Å²) in [6, 6.07) is 0. The van der Waals surface area contributed by atoms with Gasteiger partial charge in [-0.05, 0) is 6.42 Å². The Labute approximate surface area is 207 Å². The van der Waals surface area contributed by atoms with E-state index in [1.807, 2.05) is 0 Å². The van der Waals surface area contributed by atoms with Gasteiger partial charge in [0.25, 0.3) is 0 Å². The Morgan fingerprint density at radius 3 is 1.38 bits per heavy atom. The molecule has 0 saturated carbocycles. The number of hydrogen-bond donors (Lipinski definition) is 0. The molecule has 0 radical (unpaired) electrons. The van der Waals surface area contributed by atoms with Crippen molar-refractivity contribution in [3.8, 4) is 0 Å². The first-order valence-electron chi connectivity index (χ1n) is 13.4. The molecule has 0 saturated heterocycles. The molecule has 7 heteroatoms. The van der Waals surface area contributed by atoms with Gasteiger partial charge in [0, 0.05) is 12.5 Å². The third kappa shape index (κ3) is 26.8. The van der Waals surface area contributed by atoms with Gasteiger partial charge in [-0.3, -0.25) is 4.79 Å². The smallest absolute Gasteiger partial charge is 0.330 e. The molecule has 0 heterocycles. The van der Waals surface area contributed by atoms with Crippen molar-refractivity contribution in [3.63, 3.8) is 0 Å². The van der Waals surface area contributed by atoms with Gasteiger partial charge in [-0.15, -0.1) is 0 Å². The highest BCUT2D eigenvalue weighted by molar-refractivity contribution is 5.81. The molecule has 0 amide bonds. The van der Waals surface area contributed by atoms with Crippen molar-refractivity contribution in [2.45, 2.75) is 96.8 Å². The Bertz CT molecular complexity index is 468. The number of carbonyl (C=O) groups is 2. The van der Waals surface area contributed by atoms with Crippen molar-refractivity contribution in [1.82, 2.24) is 0 Å². The first-order chi connectivity index (χ1) is 16.7. The number of ether oxygens (including phenoxy) is 5. The summed E-state index contributed by atoms with van der Waals surface area (Å²) in [6.45, 7) is 8.49. The van der Waals surface area contributed by atoms with Crippen LogP contribution in [0.5, 0.6) is 0 Å². The van der Waals surface area contributed by atoms with Crippen LogP contribution in [-0.4, -0.2) is 64.8 Å². The molecule has 0 unspecified atom stereocenters. The normalized spacial score (nSPS) is 10.9. The van der Waals surface area contributed by atoms with E-state index in [0.29, 0.717) is 46.1 Å². The predicted molar refractivity (Wildman–Crippen MR) is 135 cm³/mol. The van der Waals surface area contributed by atoms with Gasteiger partial charge in [0.05, 0.1) is 39.6 Å². The summed E-state index contributed by atoms with van der Waals surface area (Å²) in [5.41, 5.74) is 0. The van der Waals surface area contributed by atoms with E-state index in [1.54, 1.807) is 0 Å². The second-order valence-corrected chi connectivity index (χ2v) is 8.42. The summed E-state index contributed by atoms with van der Waals surface area (Å²) in [7, 11) is 0. The number of esters is 2. The van der Waals surface area contributed by atoms with Crippen molar-refractivity contribution in [2.24, 2.45) is 0 Å². The predicted octanol–water partition coefficient (Wildman–Crippen LogP) is 5.79. The Morgan fingerprint density at radius 2 is 0.941 bits per heavy atom. The topological polar surface area (TPSA) is 80.3 Å². The standard InChI is InChI=1S/C27H50O7/c1-3-5-6-7-8-9-10-11-12-13-14-15-16-17-27(29)34-25-23-32-21-19-30-18-20-31-22-24-33-26(28)4-2/h4H,2-3,5-25H2,1H3. The number of unbranched alkanes of at least 4 members (excludes halogenated alkanes) is 12. The molecular weight excluding hydrogens is 436 g/mol. The molecule has 0 bridgehead atoms. The van der Waals surface area contributed by atoms with E-state index >= 15 is 0 Å². The Kier molecular flexibility index (Phi) is 26.6. The zero-order chi connectivity index (χ0) is 25.0. The first kappa shape index (κ1) is 32.6. The minimum absolute atomic E-state index is 0.140. The van der Waals surface area contributed by atoms with E-state index in [9.17, 15) is 9.59 Å².